The molecule has 1 aliphatic rings. The number of carbonyl (C=O) groups excluding carboxylic acids is 1. The van der Waals surface area contributed by atoms with Gasteiger partial charge in [-0.3, -0.25) is 4.79 Å². The van der Waals surface area contributed by atoms with Crippen molar-refractivity contribution in [2.24, 2.45) is 0 Å². The molecule has 1 aliphatic heterocycles. The van der Waals surface area contributed by atoms with Crippen molar-refractivity contribution >= 4 is 5.91 Å². The Morgan fingerprint density at radius 1 is 1.21 bits per heavy atom. The third-order valence-corrected chi connectivity index (χ3v) is 4.39. The first-order valence-electron chi connectivity index (χ1n) is 7.96. The number of nitrogens with zero attached hydrogens (tertiary/aromatic N) is 1. The molecule has 0 fully saturated rings. The summed E-state index contributed by atoms with van der Waals surface area (Å²) in [4.78, 5) is 14.4. The Bertz CT molecular complexity index is 763. The van der Waals surface area contributed by atoms with Crippen molar-refractivity contribution in [3.05, 3.63) is 65.2 Å². The summed E-state index contributed by atoms with van der Waals surface area (Å²) in [6.45, 7) is 4.07. The lowest BCUT2D eigenvalue weighted by atomic mass is 9.93. The van der Waals surface area contributed by atoms with E-state index in [0.29, 0.717) is 18.7 Å². The van der Waals surface area contributed by atoms with Crippen LogP contribution >= 0.6 is 0 Å². The number of ether oxygens (including phenoxy) is 1. The van der Waals surface area contributed by atoms with Crippen molar-refractivity contribution in [2.45, 2.75) is 32.4 Å². The summed E-state index contributed by atoms with van der Waals surface area (Å²) in [5, 5.41) is 0. The fourth-order valence-corrected chi connectivity index (χ4v) is 3.11. The molecule has 0 N–H and O–H groups in total. The molecular formula is C19H19F2NO2. The lowest BCUT2D eigenvalue weighted by Crippen LogP contribution is -2.45. The first-order chi connectivity index (χ1) is 11.5. The van der Waals surface area contributed by atoms with E-state index in [1.807, 2.05) is 6.92 Å². The highest BCUT2D eigenvalue weighted by Gasteiger charge is 2.31. The lowest BCUT2D eigenvalue weighted by molar-refractivity contribution is -0.140. The third kappa shape index (κ3) is 3.25. The third-order valence-electron chi connectivity index (χ3n) is 4.39. The minimum Gasteiger partial charge on any atom is -0.481 e. The molecule has 3 nitrogen and oxygen atoms in total. The van der Waals surface area contributed by atoms with Crippen LogP contribution in [0.5, 0.6) is 5.75 Å². The fourth-order valence-electron chi connectivity index (χ4n) is 3.11. The molecule has 1 amide bonds. The molecule has 0 spiro atoms. The molecule has 0 radical (unpaired) electrons. The predicted octanol–water partition coefficient (Wildman–Crippen LogP) is 3.88. The Morgan fingerprint density at radius 2 is 1.96 bits per heavy atom. The first-order valence-corrected chi connectivity index (χ1v) is 7.96. The zero-order valence-electron chi connectivity index (χ0n) is 13.6. The van der Waals surface area contributed by atoms with Crippen LogP contribution in [0.15, 0.2) is 42.5 Å². The number of hydrogen-bond acceptors (Lipinski definition) is 2. The summed E-state index contributed by atoms with van der Waals surface area (Å²) in [6.07, 6.45) is -0.0670. The number of hydrogen-bond donors (Lipinski definition) is 0. The van der Waals surface area contributed by atoms with Crippen LogP contribution in [0.2, 0.25) is 0 Å². The molecule has 0 aliphatic carbocycles. The molecule has 2 atom stereocenters. The van der Waals surface area contributed by atoms with Crippen LogP contribution in [-0.4, -0.2) is 23.5 Å². The minimum atomic E-state index is -0.746. The van der Waals surface area contributed by atoms with E-state index in [0.717, 1.165) is 11.1 Å². The van der Waals surface area contributed by atoms with Crippen molar-refractivity contribution in [3.63, 3.8) is 0 Å². The molecule has 5 heteroatoms. The molecule has 0 bridgehead atoms. The molecule has 0 aromatic heterocycles. The molecule has 2 aromatic carbocycles. The van der Waals surface area contributed by atoms with Gasteiger partial charge < -0.3 is 9.64 Å². The summed E-state index contributed by atoms with van der Waals surface area (Å²) < 4.78 is 32.3. The largest absolute Gasteiger partial charge is 0.481 e. The van der Waals surface area contributed by atoms with E-state index in [4.69, 9.17) is 4.74 Å². The Kier molecular flexibility index (Phi) is 4.51. The van der Waals surface area contributed by atoms with E-state index >= 15 is 0 Å². The highest BCUT2D eigenvalue weighted by atomic mass is 19.1. The Balaban J connectivity index is 1.75. The van der Waals surface area contributed by atoms with E-state index in [1.165, 1.54) is 30.3 Å². The van der Waals surface area contributed by atoms with Crippen LogP contribution in [-0.2, 0) is 11.2 Å². The van der Waals surface area contributed by atoms with Gasteiger partial charge in [0.25, 0.3) is 5.91 Å². The highest BCUT2D eigenvalue weighted by molar-refractivity contribution is 5.81. The summed E-state index contributed by atoms with van der Waals surface area (Å²) in [5.41, 5.74) is 1.89. The quantitative estimate of drug-likeness (QED) is 0.854. The maximum atomic E-state index is 13.5. The van der Waals surface area contributed by atoms with Gasteiger partial charge in [-0.05, 0) is 55.7 Å². The van der Waals surface area contributed by atoms with Gasteiger partial charge in [0.15, 0.2) is 6.10 Å². The van der Waals surface area contributed by atoms with Gasteiger partial charge in [-0.25, -0.2) is 8.78 Å². The van der Waals surface area contributed by atoms with E-state index in [1.54, 1.807) is 24.0 Å². The average Bonchev–Trinajstić information content (AvgIpc) is 2.55. The van der Waals surface area contributed by atoms with Gasteiger partial charge in [-0.15, -0.1) is 0 Å². The maximum Gasteiger partial charge on any atom is 0.263 e. The van der Waals surface area contributed by atoms with Crippen molar-refractivity contribution in [1.29, 1.82) is 0 Å². The highest BCUT2D eigenvalue weighted by Crippen LogP contribution is 2.30. The van der Waals surface area contributed by atoms with Crippen LogP contribution in [0.3, 0.4) is 0 Å². The van der Waals surface area contributed by atoms with Crippen LogP contribution in [0, 0.1) is 11.6 Å². The molecule has 2 aromatic rings. The van der Waals surface area contributed by atoms with Crippen molar-refractivity contribution in [2.75, 3.05) is 6.54 Å². The Hall–Kier alpha value is -2.43. The van der Waals surface area contributed by atoms with Gasteiger partial charge in [0, 0.05) is 12.6 Å². The average molecular weight is 331 g/mol. The molecule has 126 valence electrons. The monoisotopic (exact) mass is 331 g/mol. The summed E-state index contributed by atoms with van der Waals surface area (Å²) in [7, 11) is 0. The van der Waals surface area contributed by atoms with Gasteiger partial charge in [0.2, 0.25) is 0 Å². The molecule has 1 heterocycles. The molecule has 0 saturated heterocycles. The van der Waals surface area contributed by atoms with Gasteiger partial charge in [-0.1, -0.05) is 12.1 Å². The van der Waals surface area contributed by atoms with E-state index in [2.05, 4.69) is 0 Å². The zero-order chi connectivity index (χ0) is 17.3. The SMILES string of the molecule is CC(Oc1cccc(F)c1)C(=O)N1CCc2ccc(F)cc2C1C. The van der Waals surface area contributed by atoms with E-state index < -0.39 is 11.9 Å². The second-order valence-corrected chi connectivity index (χ2v) is 6.02. The first kappa shape index (κ1) is 16.4. The second-order valence-electron chi connectivity index (χ2n) is 6.02. The van der Waals surface area contributed by atoms with Crippen LogP contribution in [0.1, 0.15) is 31.0 Å². The molecule has 0 saturated carbocycles. The topological polar surface area (TPSA) is 29.5 Å². The lowest BCUT2D eigenvalue weighted by Gasteiger charge is -2.36. The number of halogens is 2. The summed E-state index contributed by atoms with van der Waals surface area (Å²) in [6, 6.07) is 10.2. The molecular weight excluding hydrogens is 312 g/mol. The van der Waals surface area contributed by atoms with E-state index in [9.17, 15) is 13.6 Å². The molecule has 3 rings (SSSR count). The summed E-state index contributed by atoms with van der Waals surface area (Å²) >= 11 is 0. The van der Waals surface area contributed by atoms with Crippen LogP contribution in [0.4, 0.5) is 8.78 Å². The smallest absolute Gasteiger partial charge is 0.263 e. The number of rotatable bonds is 3. The number of amides is 1. The fraction of sp³-hybridized carbons (Fsp3) is 0.316. The van der Waals surface area contributed by atoms with Crippen molar-refractivity contribution < 1.29 is 18.3 Å². The zero-order valence-corrected chi connectivity index (χ0v) is 13.6. The number of fused-ring (bicyclic) bond motifs is 1. The maximum absolute atomic E-state index is 13.5. The number of benzene rings is 2. The van der Waals surface area contributed by atoms with Crippen LogP contribution in [0.25, 0.3) is 0 Å². The van der Waals surface area contributed by atoms with Gasteiger partial charge in [0.05, 0.1) is 6.04 Å². The molecule has 24 heavy (non-hydrogen) atoms. The normalized spacial score (nSPS) is 18.0. The summed E-state index contributed by atoms with van der Waals surface area (Å²) in [5.74, 6) is -0.601. The van der Waals surface area contributed by atoms with Gasteiger partial charge in [0.1, 0.15) is 17.4 Å². The van der Waals surface area contributed by atoms with Crippen molar-refractivity contribution in [1.82, 2.24) is 4.90 Å². The standard InChI is InChI=1S/C19H19F2NO2/c1-12-18-11-16(21)7-6-14(18)8-9-22(12)19(23)13(2)24-17-5-3-4-15(20)10-17/h3-7,10-13H,8-9H2,1-2H3. The van der Waals surface area contributed by atoms with E-state index in [-0.39, 0.29) is 17.8 Å². The Labute approximate surface area is 139 Å². The van der Waals surface area contributed by atoms with Gasteiger partial charge >= 0.3 is 0 Å². The Morgan fingerprint density at radius 3 is 2.71 bits per heavy atom. The van der Waals surface area contributed by atoms with Gasteiger partial charge in [-0.2, -0.15) is 0 Å². The predicted molar refractivity (Wildman–Crippen MR) is 86.7 cm³/mol. The molecule has 2 unspecified atom stereocenters. The minimum absolute atomic E-state index is 0.193. The second kappa shape index (κ2) is 6.59. The number of carbonyl (C=O) groups is 1. The van der Waals surface area contributed by atoms with Crippen molar-refractivity contribution in [3.8, 4) is 5.75 Å². The van der Waals surface area contributed by atoms with Crippen LogP contribution < -0.4 is 4.74 Å².